The molecule has 1 amide bonds. The van der Waals surface area contributed by atoms with E-state index in [2.05, 4.69) is 16.1 Å². The highest BCUT2D eigenvalue weighted by Gasteiger charge is 2.18. The fourth-order valence-corrected chi connectivity index (χ4v) is 1.59. The monoisotopic (exact) mass is 198 g/mol. The average molecular weight is 198 g/mol. The van der Waals surface area contributed by atoms with Crippen LogP contribution in [0.1, 0.15) is 25.7 Å². The number of hydrogen-bond acceptors (Lipinski definition) is 3. The van der Waals surface area contributed by atoms with Crippen molar-refractivity contribution in [3.8, 4) is 0 Å². The summed E-state index contributed by atoms with van der Waals surface area (Å²) in [5, 5.41) is 2.75. The molecule has 1 aliphatic carbocycles. The molecule has 80 valence electrons. The molecule has 0 heterocycles. The molecule has 3 N–H and O–H groups in total. The minimum atomic E-state index is -0.403. The quantitative estimate of drug-likeness (QED) is 0.621. The molecule has 0 aromatic carbocycles. The average Bonchev–Trinajstić information content (AvgIpc) is 2.17. The van der Waals surface area contributed by atoms with Crippen LogP contribution in [0, 0.1) is 0 Å². The second kappa shape index (κ2) is 5.65. The highest BCUT2D eigenvalue weighted by atomic mass is 16.5. The van der Waals surface area contributed by atoms with E-state index in [4.69, 9.17) is 5.73 Å². The van der Waals surface area contributed by atoms with Crippen LogP contribution in [0.5, 0.6) is 0 Å². The summed E-state index contributed by atoms with van der Waals surface area (Å²) in [5.41, 5.74) is 5.89. The van der Waals surface area contributed by atoms with Gasteiger partial charge in [0.2, 0.25) is 0 Å². The van der Waals surface area contributed by atoms with E-state index in [9.17, 15) is 4.79 Å². The van der Waals surface area contributed by atoms with Crippen LogP contribution in [0.3, 0.4) is 0 Å². The highest BCUT2D eigenvalue weighted by molar-refractivity contribution is 5.67. The maximum atomic E-state index is 11.0. The number of rotatable bonds is 1. The first kappa shape index (κ1) is 11.0. The van der Waals surface area contributed by atoms with Gasteiger partial charge in [0.1, 0.15) is 0 Å². The molecule has 4 heteroatoms. The molecule has 1 aliphatic rings. The van der Waals surface area contributed by atoms with Crippen molar-refractivity contribution in [1.29, 1.82) is 0 Å². The van der Waals surface area contributed by atoms with E-state index >= 15 is 0 Å². The van der Waals surface area contributed by atoms with Gasteiger partial charge in [0.05, 0.1) is 13.2 Å². The van der Waals surface area contributed by atoms with E-state index in [1.54, 1.807) is 0 Å². The molecular weight excluding hydrogens is 180 g/mol. The van der Waals surface area contributed by atoms with Gasteiger partial charge < -0.3 is 15.8 Å². The van der Waals surface area contributed by atoms with Gasteiger partial charge in [-0.15, -0.1) is 0 Å². The van der Waals surface area contributed by atoms with E-state index in [1.807, 2.05) is 6.08 Å². The fourth-order valence-electron chi connectivity index (χ4n) is 1.59. The van der Waals surface area contributed by atoms with Gasteiger partial charge in [-0.25, -0.2) is 4.79 Å². The van der Waals surface area contributed by atoms with Gasteiger partial charge in [-0.3, -0.25) is 0 Å². The summed E-state index contributed by atoms with van der Waals surface area (Å²) in [6, 6.07) is -0.103. The molecule has 2 atom stereocenters. The number of nitrogens with one attached hydrogen (secondary N) is 1. The Balaban J connectivity index is 2.50. The zero-order valence-electron chi connectivity index (χ0n) is 8.53. The largest absolute Gasteiger partial charge is 0.453 e. The van der Waals surface area contributed by atoms with Crippen molar-refractivity contribution in [2.24, 2.45) is 5.73 Å². The zero-order valence-corrected chi connectivity index (χ0v) is 8.53. The van der Waals surface area contributed by atoms with Crippen molar-refractivity contribution in [2.45, 2.75) is 37.8 Å². The minimum absolute atomic E-state index is 0.000926. The van der Waals surface area contributed by atoms with Crippen LogP contribution in [0.15, 0.2) is 12.2 Å². The van der Waals surface area contributed by atoms with Gasteiger partial charge in [-0.2, -0.15) is 0 Å². The molecule has 0 saturated carbocycles. The molecule has 0 saturated heterocycles. The van der Waals surface area contributed by atoms with Gasteiger partial charge >= 0.3 is 6.09 Å². The molecule has 4 nitrogen and oxygen atoms in total. The molecule has 0 fully saturated rings. The van der Waals surface area contributed by atoms with Crippen molar-refractivity contribution in [2.75, 3.05) is 7.11 Å². The summed E-state index contributed by atoms with van der Waals surface area (Å²) in [5.74, 6) is 0. The maximum Gasteiger partial charge on any atom is 0.407 e. The Hall–Kier alpha value is -1.03. The highest BCUT2D eigenvalue weighted by Crippen LogP contribution is 2.11. The number of allylic oxidation sites excluding steroid dienone is 1. The maximum absolute atomic E-state index is 11.0. The third-order valence-corrected chi connectivity index (χ3v) is 2.45. The summed E-state index contributed by atoms with van der Waals surface area (Å²) in [6.07, 6.45) is 7.88. The first-order chi connectivity index (χ1) is 6.74. The van der Waals surface area contributed by atoms with E-state index in [0.717, 1.165) is 25.7 Å². The van der Waals surface area contributed by atoms with E-state index < -0.39 is 6.09 Å². The molecule has 14 heavy (non-hydrogen) atoms. The second-order valence-electron chi connectivity index (χ2n) is 3.53. The van der Waals surface area contributed by atoms with Crippen LogP contribution >= 0.6 is 0 Å². The minimum Gasteiger partial charge on any atom is -0.453 e. The number of methoxy groups -OCH3 is 1. The van der Waals surface area contributed by atoms with Crippen LogP contribution in [0.2, 0.25) is 0 Å². The smallest absolute Gasteiger partial charge is 0.407 e. The topological polar surface area (TPSA) is 64.3 Å². The Labute approximate surface area is 84.5 Å². The van der Waals surface area contributed by atoms with Gasteiger partial charge in [-0.1, -0.05) is 18.6 Å². The normalized spacial score (nSPS) is 29.9. The van der Waals surface area contributed by atoms with Crippen molar-refractivity contribution in [1.82, 2.24) is 5.32 Å². The summed E-state index contributed by atoms with van der Waals surface area (Å²) in [7, 11) is 1.36. The summed E-state index contributed by atoms with van der Waals surface area (Å²) < 4.78 is 4.54. The predicted molar refractivity (Wildman–Crippen MR) is 54.9 cm³/mol. The van der Waals surface area contributed by atoms with E-state index in [-0.39, 0.29) is 12.1 Å². The molecule has 0 aromatic rings. The molecular formula is C10H18N2O2. The molecule has 0 bridgehead atoms. The Morgan fingerprint density at radius 1 is 1.57 bits per heavy atom. The fraction of sp³-hybridized carbons (Fsp3) is 0.700. The number of nitrogens with two attached hydrogens (primary N) is 1. The Kier molecular flexibility index (Phi) is 4.46. The van der Waals surface area contributed by atoms with Crippen molar-refractivity contribution in [3.63, 3.8) is 0 Å². The number of hydrogen-bond donors (Lipinski definition) is 2. The third kappa shape index (κ3) is 3.38. The second-order valence-corrected chi connectivity index (χ2v) is 3.53. The van der Waals surface area contributed by atoms with E-state index in [1.165, 1.54) is 7.11 Å². The van der Waals surface area contributed by atoms with Crippen LogP contribution in [0.4, 0.5) is 4.79 Å². The molecule has 0 aromatic heterocycles. The number of amides is 1. The lowest BCUT2D eigenvalue weighted by atomic mass is 9.98. The first-order valence-corrected chi connectivity index (χ1v) is 5.01. The Morgan fingerprint density at radius 2 is 2.36 bits per heavy atom. The molecule has 0 aliphatic heterocycles. The lowest BCUT2D eigenvalue weighted by molar-refractivity contribution is 0.164. The van der Waals surface area contributed by atoms with Crippen LogP contribution in [0.25, 0.3) is 0 Å². The number of alkyl carbamates (subject to hydrolysis) is 1. The van der Waals surface area contributed by atoms with Crippen LogP contribution < -0.4 is 11.1 Å². The SMILES string of the molecule is COC(=O)N[C@@H]1CCCC/C=C/C1N. The van der Waals surface area contributed by atoms with Gasteiger partial charge in [0.25, 0.3) is 0 Å². The molecule has 1 rings (SSSR count). The van der Waals surface area contributed by atoms with E-state index in [0.29, 0.717) is 0 Å². The molecule has 0 radical (unpaired) electrons. The lowest BCUT2D eigenvalue weighted by Crippen LogP contribution is -2.46. The van der Waals surface area contributed by atoms with Crippen molar-refractivity contribution < 1.29 is 9.53 Å². The molecule has 1 unspecified atom stereocenters. The lowest BCUT2D eigenvalue weighted by Gasteiger charge is -2.23. The summed E-state index contributed by atoms with van der Waals surface area (Å²) >= 11 is 0. The molecule has 0 spiro atoms. The zero-order chi connectivity index (χ0) is 10.4. The Bertz CT molecular complexity index is 216. The van der Waals surface area contributed by atoms with Crippen molar-refractivity contribution in [3.05, 3.63) is 12.2 Å². The number of carbonyl (C=O) groups is 1. The van der Waals surface area contributed by atoms with Gasteiger partial charge in [0, 0.05) is 6.04 Å². The summed E-state index contributed by atoms with van der Waals surface area (Å²) in [6.45, 7) is 0. The van der Waals surface area contributed by atoms with Crippen molar-refractivity contribution >= 4 is 6.09 Å². The van der Waals surface area contributed by atoms with Gasteiger partial charge in [0.15, 0.2) is 0 Å². The first-order valence-electron chi connectivity index (χ1n) is 5.01. The number of ether oxygens (including phenoxy) is 1. The third-order valence-electron chi connectivity index (χ3n) is 2.45. The predicted octanol–water partition coefficient (Wildman–Crippen LogP) is 1.17. The Morgan fingerprint density at radius 3 is 3.07 bits per heavy atom. The van der Waals surface area contributed by atoms with Crippen LogP contribution in [-0.4, -0.2) is 25.3 Å². The van der Waals surface area contributed by atoms with Gasteiger partial charge in [-0.05, 0) is 19.3 Å². The van der Waals surface area contributed by atoms with Crippen LogP contribution in [-0.2, 0) is 4.74 Å². The standard InChI is InChI=1S/C10H18N2O2/c1-14-10(13)12-9-7-5-3-2-4-6-8(9)11/h4,6,8-9H,2-3,5,7,11H2,1H3,(H,12,13)/b6-4+/t8?,9-/m1/s1. The number of carbonyl (C=O) groups excluding carboxylic acids is 1. The summed E-state index contributed by atoms with van der Waals surface area (Å²) in [4.78, 5) is 11.0.